The number of para-hydroxylation sites is 1. The Balaban J connectivity index is 3.39. The topological polar surface area (TPSA) is 15.6 Å². The molecule has 1 rings (SSSR count). The SMILES string of the molecule is C=NN(C(=C)/C(C)=C/C)c1c(CC)cccc1CC. The molecule has 0 heterocycles. The highest BCUT2D eigenvalue weighted by atomic mass is 15.5. The Morgan fingerprint density at radius 2 is 1.79 bits per heavy atom. The molecule has 0 amide bonds. The zero-order valence-electron chi connectivity index (χ0n) is 12.5. The predicted octanol–water partition coefficient (Wildman–Crippen LogP) is 4.71. The van der Waals surface area contributed by atoms with Crippen molar-refractivity contribution in [1.29, 1.82) is 0 Å². The first-order valence-electron chi connectivity index (χ1n) is 6.80. The van der Waals surface area contributed by atoms with Crippen molar-refractivity contribution in [3.63, 3.8) is 0 Å². The van der Waals surface area contributed by atoms with Gasteiger partial charge in [0.05, 0.1) is 11.4 Å². The van der Waals surface area contributed by atoms with Crippen LogP contribution in [0.3, 0.4) is 0 Å². The first kappa shape index (κ1) is 15.2. The molecule has 0 atom stereocenters. The molecule has 0 aliphatic carbocycles. The van der Waals surface area contributed by atoms with Crippen LogP contribution in [-0.2, 0) is 12.8 Å². The molecule has 0 N–H and O–H groups in total. The molecule has 0 aliphatic heterocycles. The van der Waals surface area contributed by atoms with Gasteiger partial charge in [-0.15, -0.1) is 0 Å². The van der Waals surface area contributed by atoms with Crippen molar-refractivity contribution in [2.75, 3.05) is 5.01 Å². The van der Waals surface area contributed by atoms with E-state index in [9.17, 15) is 0 Å². The van der Waals surface area contributed by atoms with Gasteiger partial charge in [-0.1, -0.05) is 44.7 Å². The molecule has 0 fully saturated rings. The van der Waals surface area contributed by atoms with Gasteiger partial charge < -0.3 is 0 Å². The van der Waals surface area contributed by atoms with Crippen LogP contribution >= 0.6 is 0 Å². The van der Waals surface area contributed by atoms with E-state index < -0.39 is 0 Å². The second-order valence-electron chi connectivity index (χ2n) is 4.50. The largest absolute Gasteiger partial charge is 0.234 e. The van der Waals surface area contributed by atoms with Gasteiger partial charge in [0.15, 0.2) is 0 Å². The van der Waals surface area contributed by atoms with Gasteiger partial charge >= 0.3 is 0 Å². The van der Waals surface area contributed by atoms with Crippen molar-refractivity contribution in [3.8, 4) is 0 Å². The van der Waals surface area contributed by atoms with E-state index in [-0.39, 0.29) is 0 Å². The second kappa shape index (κ2) is 6.93. The van der Waals surface area contributed by atoms with Crippen molar-refractivity contribution < 1.29 is 0 Å². The van der Waals surface area contributed by atoms with Gasteiger partial charge in [-0.05, 0) is 43.4 Å². The van der Waals surface area contributed by atoms with Crippen LogP contribution < -0.4 is 5.01 Å². The third-order valence-corrected chi connectivity index (χ3v) is 3.46. The maximum absolute atomic E-state index is 4.19. The summed E-state index contributed by atoms with van der Waals surface area (Å²) in [6.07, 6.45) is 3.98. The fraction of sp³-hybridized carbons (Fsp3) is 0.353. The van der Waals surface area contributed by atoms with Crippen molar-refractivity contribution in [2.45, 2.75) is 40.5 Å². The van der Waals surface area contributed by atoms with E-state index in [4.69, 9.17) is 0 Å². The summed E-state index contributed by atoms with van der Waals surface area (Å²) in [5, 5.41) is 6.06. The third kappa shape index (κ3) is 3.14. The summed E-state index contributed by atoms with van der Waals surface area (Å²) in [6, 6.07) is 6.39. The van der Waals surface area contributed by atoms with Gasteiger partial charge in [-0.25, -0.2) is 5.01 Å². The van der Waals surface area contributed by atoms with Crippen LogP contribution in [0.2, 0.25) is 0 Å². The highest BCUT2D eigenvalue weighted by Crippen LogP contribution is 2.31. The van der Waals surface area contributed by atoms with E-state index in [0.29, 0.717) is 0 Å². The van der Waals surface area contributed by atoms with Crippen LogP contribution in [0, 0.1) is 0 Å². The zero-order chi connectivity index (χ0) is 14.4. The Bertz CT molecular complexity index is 476. The molecular weight excluding hydrogens is 232 g/mol. The summed E-state index contributed by atoms with van der Waals surface area (Å²) in [5.74, 6) is 0. The van der Waals surface area contributed by atoms with E-state index >= 15 is 0 Å². The summed E-state index contributed by atoms with van der Waals surface area (Å²) in [4.78, 5) is 0. The van der Waals surface area contributed by atoms with Gasteiger partial charge in [-0.3, -0.25) is 0 Å². The number of hydrogen-bond donors (Lipinski definition) is 0. The minimum atomic E-state index is 0.883. The van der Waals surface area contributed by atoms with Gasteiger partial charge in [0.1, 0.15) is 0 Å². The van der Waals surface area contributed by atoms with Gasteiger partial charge in [-0.2, -0.15) is 5.10 Å². The molecule has 0 saturated carbocycles. The summed E-state index contributed by atoms with van der Waals surface area (Å²) in [7, 11) is 0. The highest BCUT2D eigenvalue weighted by Gasteiger charge is 2.16. The van der Waals surface area contributed by atoms with E-state index in [2.05, 4.69) is 50.4 Å². The van der Waals surface area contributed by atoms with Crippen LogP contribution in [-0.4, -0.2) is 6.72 Å². The lowest BCUT2D eigenvalue weighted by Crippen LogP contribution is -2.18. The number of hydrogen-bond acceptors (Lipinski definition) is 2. The predicted molar refractivity (Wildman–Crippen MR) is 85.8 cm³/mol. The molecule has 0 bridgehead atoms. The van der Waals surface area contributed by atoms with E-state index in [1.807, 2.05) is 24.9 Å². The lowest BCUT2D eigenvalue weighted by molar-refractivity contribution is 0.961. The molecule has 0 radical (unpaired) electrons. The number of rotatable bonds is 6. The third-order valence-electron chi connectivity index (χ3n) is 3.46. The Morgan fingerprint density at radius 3 is 2.16 bits per heavy atom. The first-order valence-corrected chi connectivity index (χ1v) is 6.80. The van der Waals surface area contributed by atoms with Gasteiger partial charge in [0, 0.05) is 6.72 Å². The molecule has 1 aromatic carbocycles. The van der Waals surface area contributed by atoms with Crippen LogP contribution in [0.1, 0.15) is 38.8 Å². The van der Waals surface area contributed by atoms with Crippen molar-refractivity contribution in [1.82, 2.24) is 0 Å². The molecule has 0 saturated heterocycles. The Morgan fingerprint density at radius 1 is 1.26 bits per heavy atom. The molecule has 102 valence electrons. The van der Waals surface area contributed by atoms with E-state index in [1.54, 1.807) is 0 Å². The molecule has 2 heteroatoms. The minimum absolute atomic E-state index is 0.883. The number of aryl methyl sites for hydroxylation is 2. The van der Waals surface area contributed by atoms with E-state index in [1.165, 1.54) is 11.1 Å². The molecule has 0 aromatic heterocycles. The first-order chi connectivity index (χ1) is 9.10. The quantitative estimate of drug-likeness (QED) is 0.409. The molecule has 1 aromatic rings. The summed E-state index contributed by atoms with van der Waals surface area (Å²) < 4.78 is 0. The standard InChI is InChI=1S/C17H24N2/c1-7-13(4)14(5)19(18-6)17-15(8-2)11-10-12-16(17)9-3/h7,10-12H,5-6,8-9H2,1-4H3/b13-7+. The van der Waals surface area contributed by atoms with Crippen LogP contribution in [0.4, 0.5) is 5.69 Å². The fourth-order valence-corrected chi connectivity index (χ4v) is 2.11. The monoisotopic (exact) mass is 256 g/mol. The van der Waals surface area contributed by atoms with Gasteiger partial charge in [0.2, 0.25) is 0 Å². The maximum atomic E-state index is 4.19. The average molecular weight is 256 g/mol. The van der Waals surface area contributed by atoms with Gasteiger partial charge in [0.25, 0.3) is 0 Å². The summed E-state index contributed by atoms with van der Waals surface area (Å²) >= 11 is 0. The summed E-state index contributed by atoms with van der Waals surface area (Å²) in [5.41, 5.74) is 5.68. The number of anilines is 1. The normalized spacial score (nSPS) is 11.3. The second-order valence-corrected chi connectivity index (χ2v) is 4.50. The number of benzene rings is 1. The molecule has 0 aliphatic rings. The highest BCUT2D eigenvalue weighted by molar-refractivity contribution is 5.65. The molecule has 19 heavy (non-hydrogen) atoms. The number of allylic oxidation sites excluding steroid dienone is 2. The lowest BCUT2D eigenvalue weighted by Gasteiger charge is -2.26. The average Bonchev–Trinajstić information content (AvgIpc) is 2.46. The Hall–Kier alpha value is -1.83. The van der Waals surface area contributed by atoms with Crippen molar-refractivity contribution >= 4 is 12.4 Å². The lowest BCUT2D eigenvalue weighted by atomic mass is 10.0. The fourth-order valence-electron chi connectivity index (χ4n) is 2.11. The Labute approximate surface area is 117 Å². The zero-order valence-corrected chi connectivity index (χ0v) is 12.5. The van der Waals surface area contributed by atoms with Crippen LogP contribution in [0.5, 0.6) is 0 Å². The summed E-state index contributed by atoms with van der Waals surface area (Å²) in [6.45, 7) is 16.2. The van der Waals surface area contributed by atoms with Crippen molar-refractivity contribution in [3.05, 3.63) is 53.3 Å². The molecule has 0 unspecified atom stereocenters. The minimum Gasteiger partial charge on any atom is -0.234 e. The molecule has 2 nitrogen and oxygen atoms in total. The van der Waals surface area contributed by atoms with E-state index in [0.717, 1.165) is 29.8 Å². The molecular formula is C17H24N2. The van der Waals surface area contributed by atoms with Crippen LogP contribution in [0.15, 0.2) is 47.2 Å². The number of nitrogens with zero attached hydrogens (tertiary/aromatic N) is 2. The number of hydrazone groups is 1. The smallest absolute Gasteiger partial charge is 0.0715 e. The van der Waals surface area contributed by atoms with Crippen LogP contribution in [0.25, 0.3) is 0 Å². The maximum Gasteiger partial charge on any atom is 0.0715 e. The Kier molecular flexibility index (Phi) is 5.56. The van der Waals surface area contributed by atoms with Crippen molar-refractivity contribution in [2.24, 2.45) is 5.10 Å². The molecule has 0 spiro atoms.